The fourth-order valence-electron chi connectivity index (χ4n) is 3.00. The van der Waals surface area contributed by atoms with E-state index in [1.165, 1.54) is 36.0 Å². The number of carbonyl (C=O) groups is 1. The summed E-state index contributed by atoms with van der Waals surface area (Å²) in [6.45, 7) is 0. The van der Waals surface area contributed by atoms with Gasteiger partial charge in [0.25, 0.3) is 5.69 Å². The molecule has 2 aromatic carbocycles. The van der Waals surface area contributed by atoms with Crippen LogP contribution in [-0.2, 0) is 4.79 Å². The first-order valence-electron chi connectivity index (χ1n) is 9.72. The number of rotatable bonds is 8. The summed E-state index contributed by atoms with van der Waals surface area (Å²) < 4.78 is 7.09. The molecule has 1 N–H and O–H groups in total. The summed E-state index contributed by atoms with van der Waals surface area (Å²) >= 11 is 1.22. The van der Waals surface area contributed by atoms with Gasteiger partial charge >= 0.3 is 0 Å². The highest BCUT2D eigenvalue weighted by Crippen LogP contribution is 2.28. The Morgan fingerprint density at radius 3 is 2.52 bits per heavy atom. The average Bonchev–Trinajstić information content (AvgIpc) is 3.27. The molecule has 0 unspecified atom stereocenters. The van der Waals surface area contributed by atoms with Crippen LogP contribution in [0.15, 0.2) is 78.2 Å². The standard InChI is InChI=1S/C22H18N6O4S/c1-32-19-10-8-17(9-11-19)27-21(15-3-2-12-23-13-15)25-26-22(27)33-14-20(29)24-16-4-6-18(7-5-16)28(30)31/h2-13H,14H2,1H3,(H,24,29). The number of aromatic nitrogens is 4. The molecule has 0 radical (unpaired) electrons. The number of nitrogens with one attached hydrogen (secondary N) is 1. The predicted molar refractivity (Wildman–Crippen MR) is 124 cm³/mol. The second kappa shape index (κ2) is 9.92. The van der Waals surface area contributed by atoms with E-state index in [1.807, 2.05) is 41.0 Å². The Bertz CT molecular complexity index is 1260. The lowest BCUT2D eigenvalue weighted by Crippen LogP contribution is -2.14. The van der Waals surface area contributed by atoms with Crippen molar-refractivity contribution >= 4 is 29.0 Å². The molecule has 11 heteroatoms. The number of methoxy groups -OCH3 is 1. The summed E-state index contributed by atoms with van der Waals surface area (Å²) in [5.74, 6) is 1.09. The summed E-state index contributed by atoms with van der Waals surface area (Å²) in [6.07, 6.45) is 3.37. The molecule has 10 nitrogen and oxygen atoms in total. The normalized spacial score (nSPS) is 10.6. The molecule has 0 saturated heterocycles. The first kappa shape index (κ1) is 22.0. The second-order valence-corrected chi connectivity index (χ2v) is 7.66. The van der Waals surface area contributed by atoms with Crippen molar-refractivity contribution in [1.29, 1.82) is 0 Å². The third-order valence-corrected chi connectivity index (χ3v) is 5.51. The van der Waals surface area contributed by atoms with Crippen molar-refractivity contribution < 1.29 is 14.5 Å². The molecule has 0 saturated carbocycles. The first-order valence-corrected chi connectivity index (χ1v) is 10.7. The number of anilines is 1. The fourth-order valence-corrected chi connectivity index (χ4v) is 3.76. The van der Waals surface area contributed by atoms with Crippen molar-refractivity contribution in [2.75, 3.05) is 18.2 Å². The van der Waals surface area contributed by atoms with E-state index in [9.17, 15) is 14.9 Å². The van der Waals surface area contributed by atoms with Crippen LogP contribution in [-0.4, -0.2) is 43.4 Å². The number of hydrogen-bond acceptors (Lipinski definition) is 8. The van der Waals surface area contributed by atoms with Gasteiger partial charge in [0.15, 0.2) is 11.0 Å². The van der Waals surface area contributed by atoms with Gasteiger partial charge in [0.05, 0.1) is 17.8 Å². The topological polar surface area (TPSA) is 125 Å². The van der Waals surface area contributed by atoms with Crippen LogP contribution >= 0.6 is 11.8 Å². The Hall–Kier alpha value is -4.25. The minimum atomic E-state index is -0.493. The maximum atomic E-state index is 12.5. The van der Waals surface area contributed by atoms with Crippen molar-refractivity contribution in [1.82, 2.24) is 19.7 Å². The molecular formula is C22H18N6O4S. The minimum Gasteiger partial charge on any atom is -0.497 e. The minimum absolute atomic E-state index is 0.0436. The summed E-state index contributed by atoms with van der Waals surface area (Å²) in [7, 11) is 1.60. The van der Waals surface area contributed by atoms with Crippen LogP contribution in [0, 0.1) is 10.1 Å². The number of pyridine rings is 1. The van der Waals surface area contributed by atoms with Gasteiger partial charge in [-0.15, -0.1) is 10.2 Å². The Kier molecular flexibility index (Phi) is 6.60. The molecule has 0 bridgehead atoms. The smallest absolute Gasteiger partial charge is 0.269 e. The van der Waals surface area contributed by atoms with E-state index < -0.39 is 4.92 Å². The highest BCUT2D eigenvalue weighted by molar-refractivity contribution is 7.99. The van der Waals surface area contributed by atoms with E-state index in [1.54, 1.807) is 19.5 Å². The fraction of sp³-hybridized carbons (Fsp3) is 0.0909. The van der Waals surface area contributed by atoms with Crippen molar-refractivity contribution in [3.8, 4) is 22.8 Å². The van der Waals surface area contributed by atoms with Gasteiger partial charge in [0.1, 0.15) is 5.75 Å². The van der Waals surface area contributed by atoms with Gasteiger partial charge in [-0.3, -0.25) is 24.5 Å². The lowest BCUT2D eigenvalue weighted by molar-refractivity contribution is -0.384. The molecule has 0 aliphatic rings. The zero-order chi connectivity index (χ0) is 23.2. The Balaban J connectivity index is 1.55. The zero-order valence-electron chi connectivity index (χ0n) is 17.4. The molecule has 33 heavy (non-hydrogen) atoms. The molecule has 4 rings (SSSR count). The maximum absolute atomic E-state index is 12.5. The number of nitrogens with zero attached hydrogens (tertiary/aromatic N) is 5. The summed E-state index contributed by atoms with van der Waals surface area (Å²) in [4.78, 5) is 26.9. The molecular weight excluding hydrogens is 444 g/mol. The zero-order valence-corrected chi connectivity index (χ0v) is 18.2. The lowest BCUT2D eigenvalue weighted by atomic mass is 10.2. The molecule has 2 heterocycles. The van der Waals surface area contributed by atoms with Crippen LogP contribution in [0.25, 0.3) is 17.1 Å². The summed E-state index contributed by atoms with van der Waals surface area (Å²) in [5, 5.41) is 22.6. The number of thioether (sulfide) groups is 1. The highest BCUT2D eigenvalue weighted by Gasteiger charge is 2.18. The van der Waals surface area contributed by atoms with Crippen LogP contribution in [0.1, 0.15) is 0 Å². The number of ether oxygens (including phenoxy) is 1. The molecule has 0 aliphatic carbocycles. The van der Waals surface area contributed by atoms with E-state index in [2.05, 4.69) is 20.5 Å². The molecule has 2 aromatic heterocycles. The number of nitro groups is 1. The molecule has 0 atom stereocenters. The largest absolute Gasteiger partial charge is 0.497 e. The van der Waals surface area contributed by atoms with Crippen molar-refractivity contribution in [3.63, 3.8) is 0 Å². The molecule has 0 aliphatic heterocycles. The van der Waals surface area contributed by atoms with E-state index in [4.69, 9.17) is 4.74 Å². The molecule has 1 amide bonds. The van der Waals surface area contributed by atoms with Gasteiger partial charge in [0.2, 0.25) is 5.91 Å². The molecule has 4 aromatic rings. The SMILES string of the molecule is COc1ccc(-n2c(SCC(=O)Nc3ccc([N+](=O)[O-])cc3)nnc2-c2cccnc2)cc1. The number of nitro benzene ring substituents is 1. The van der Waals surface area contributed by atoms with Gasteiger partial charge in [0, 0.05) is 41.5 Å². The van der Waals surface area contributed by atoms with Gasteiger partial charge in [-0.25, -0.2) is 0 Å². The lowest BCUT2D eigenvalue weighted by Gasteiger charge is -2.11. The first-order chi connectivity index (χ1) is 16.0. The quantitative estimate of drug-likeness (QED) is 0.237. The van der Waals surface area contributed by atoms with E-state index in [-0.39, 0.29) is 17.3 Å². The molecule has 0 fully saturated rings. The van der Waals surface area contributed by atoms with Crippen LogP contribution < -0.4 is 10.1 Å². The highest BCUT2D eigenvalue weighted by atomic mass is 32.2. The van der Waals surface area contributed by atoms with Gasteiger partial charge in [-0.2, -0.15) is 0 Å². The van der Waals surface area contributed by atoms with Crippen molar-refractivity contribution in [2.24, 2.45) is 0 Å². The van der Waals surface area contributed by atoms with Crippen LogP contribution in [0.2, 0.25) is 0 Å². The molecule has 0 spiro atoms. The van der Waals surface area contributed by atoms with E-state index in [0.717, 1.165) is 11.3 Å². The number of hydrogen-bond donors (Lipinski definition) is 1. The number of amides is 1. The van der Waals surface area contributed by atoms with Crippen LogP contribution in [0.5, 0.6) is 5.75 Å². The predicted octanol–water partition coefficient (Wildman–Crippen LogP) is 3.98. The number of non-ortho nitro benzene ring substituents is 1. The maximum Gasteiger partial charge on any atom is 0.269 e. The Morgan fingerprint density at radius 2 is 1.88 bits per heavy atom. The van der Waals surface area contributed by atoms with Gasteiger partial charge in [-0.05, 0) is 48.5 Å². The average molecular weight is 462 g/mol. The van der Waals surface area contributed by atoms with Crippen molar-refractivity contribution in [3.05, 3.63) is 83.2 Å². The van der Waals surface area contributed by atoms with E-state index >= 15 is 0 Å². The van der Waals surface area contributed by atoms with Crippen LogP contribution in [0.3, 0.4) is 0 Å². The summed E-state index contributed by atoms with van der Waals surface area (Å²) in [6, 6.07) is 16.8. The summed E-state index contributed by atoms with van der Waals surface area (Å²) in [5.41, 5.74) is 2.01. The molecule has 166 valence electrons. The Morgan fingerprint density at radius 1 is 1.12 bits per heavy atom. The van der Waals surface area contributed by atoms with Gasteiger partial charge in [-0.1, -0.05) is 11.8 Å². The van der Waals surface area contributed by atoms with Gasteiger partial charge < -0.3 is 10.1 Å². The second-order valence-electron chi connectivity index (χ2n) is 6.72. The van der Waals surface area contributed by atoms with E-state index in [0.29, 0.717) is 22.4 Å². The third-order valence-electron chi connectivity index (χ3n) is 4.58. The Labute approximate surface area is 192 Å². The third kappa shape index (κ3) is 5.15. The number of carbonyl (C=O) groups excluding carboxylic acids is 1. The van der Waals surface area contributed by atoms with Crippen molar-refractivity contribution in [2.45, 2.75) is 5.16 Å². The monoisotopic (exact) mass is 462 g/mol. The number of benzene rings is 2. The van der Waals surface area contributed by atoms with Crippen LogP contribution in [0.4, 0.5) is 11.4 Å².